The molecule has 0 spiro atoms. The van der Waals surface area contributed by atoms with E-state index in [0.29, 0.717) is 18.5 Å². The number of nitrogens with one attached hydrogen (secondary N) is 2. The van der Waals surface area contributed by atoms with Crippen LogP contribution in [0.4, 0.5) is 0 Å². The van der Waals surface area contributed by atoms with Crippen LogP contribution in [0.5, 0.6) is 0 Å². The lowest BCUT2D eigenvalue weighted by molar-refractivity contribution is -0.120. The third kappa shape index (κ3) is 7.31. The van der Waals surface area contributed by atoms with Gasteiger partial charge in [-0.3, -0.25) is 9.59 Å². The molecule has 0 unspecified atom stereocenters. The van der Waals surface area contributed by atoms with Crippen molar-refractivity contribution in [2.45, 2.75) is 58.8 Å². The first-order valence-corrected chi connectivity index (χ1v) is 8.50. The van der Waals surface area contributed by atoms with Crippen molar-refractivity contribution in [2.24, 2.45) is 0 Å². The summed E-state index contributed by atoms with van der Waals surface area (Å²) in [5.74, 6) is -0.145. The average molecular weight is 318 g/mol. The summed E-state index contributed by atoms with van der Waals surface area (Å²) in [4.78, 5) is 23.7. The van der Waals surface area contributed by atoms with Crippen LogP contribution in [-0.4, -0.2) is 24.9 Å². The van der Waals surface area contributed by atoms with Gasteiger partial charge in [0.1, 0.15) is 0 Å². The highest BCUT2D eigenvalue weighted by molar-refractivity contribution is 5.94. The normalized spacial score (nSPS) is 11.1. The molecule has 0 saturated carbocycles. The maximum Gasteiger partial charge on any atom is 0.251 e. The van der Waals surface area contributed by atoms with Gasteiger partial charge in [-0.05, 0) is 29.5 Å². The molecule has 0 heterocycles. The van der Waals surface area contributed by atoms with Gasteiger partial charge in [0.2, 0.25) is 5.91 Å². The zero-order valence-electron chi connectivity index (χ0n) is 14.9. The van der Waals surface area contributed by atoms with Crippen LogP contribution in [0.25, 0.3) is 0 Å². The Morgan fingerprint density at radius 1 is 0.957 bits per heavy atom. The topological polar surface area (TPSA) is 58.2 Å². The molecule has 1 aromatic rings. The molecule has 0 radical (unpaired) electrons. The van der Waals surface area contributed by atoms with Gasteiger partial charge in [-0.1, -0.05) is 52.7 Å². The Labute approximate surface area is 140 Å². The van der Waals surface area contributed by atoms with Crippen LogP contribution in [0, 0.1) is 0 Å². The molecule has 4 nitrogen and oxygen atoms in total. The number of benzene rings is 1. The largest absolute Gasteiger partial charge is 0.356 e. The van der Waals surface area contributed by atoms with Crippen molar-refractivity contribution < 1.29 is 9.59 Å². The van der Waals surface area contributed by atoms with E-state index in [1.54, 1.807) is 0 Å². The minimum Gasteiger partial charge on any atom is -0.356 e. The van der Waals surface area contributed by atoms with E-state index in [1.807, 2.05) is 24.3 Å². The number of hydrogen-bond donors (Lipinski definition) is 2. The van der Waals surface area contributed by atoms with Crippen LogP contribution in [0.3, 0.4) is 0 Å². The first kappa shape index (κ1) is 19.2. The molecule has 0 aliphatic carbocycles. The van der Waals surface area contributed by atoms with E-state index < -0.39 is 0 Å². The van der Waals surface area contributed by atoms with E-state index in [-0.39, 0.29) is 17.2 Å². The molecule has 0 saturated heterocycles. The fraction of sp³-hybridized carbons (Fsp3) is 0.579. The monoisotopic (exact) mass is 318 g/mol. The standard InChI is InChI=1S/C19H30N2O2/c1-5-6-7-13-20-17(22)12-14-21-18(23)15-8-10-16(11-9-15)19(2,3)4/h8-11H,5-7,12-14H2,1-4H3,(H,20,22)(H,21,23). The minimum absolute atomic E-state index is 0.00974. The van der Waals surface area contributed by atoms with Crippen LogP contribution < -0.4 is 10.6 Å². The van der Waals surface area contributed by atoms with Gasteiger partial charge in [0.05, 0.1) is 0 Å². The average Bonchev–Trinajstić information content (AvgIpc) is 2.51. The maximum absolute atomic E-state index is 12.0. The Hall–Kier alpha value is -1.84. The lowest BCUT2D eigenvalue weighted by Gasteiger charge is -2.19. The first-order valence-electron chi connectivity index (χ1n) is 8.50. The third-order valence-corrected chi connectivity index (χ3v) is 3.75. The van der Waals surface area contributed by atoms with Crippen LogP contribution >= 0.6 is 0 Å². The van der Waals surface area contributed by atoms with Crippen molar-refractivity contribution >= 4 is 11.8 Å². The molecule has 128 valence electrons. The van der Waals surface area contributed by atoms with Gasteiger partial charge in [0.25, 0.3) is 5.91 Å². The van der Waals surface area contributed by atoms with E-state index in [0.717, 1.165) is 25.8 Å². The third-order valence-electron chi connectivity index (χ3n) is 3.75. The van der Waals surface area contributed by atoms with Crippen molar-refractivity contribution in [2.75, 3.05) is 13.1 Å². The molecule has 2 N–H and O–H groups in total. The molecule has 2 amide bonds. The van der Waals surface area contributed by atoms with Gasteiger partial charge >= 0.3 is 0 Å². The Morgan fingerprint density at radius 2 is 1.61 bits per heavy atom. The Morgan fingerprint density at radius 3 is 2.17 bits per heavy atom. The minimum atomic E-state index is -0.135. The van der Waals surface area contributed by atoms with E-state index in [4.69, 9.17) is 0 Å². The fourth-order valence-corrected chi connectivity index (χ4v) is 2.20. The number of rotatable bonds is 8. The quantitative estimate of drug-likeness (QED) is 0.722. The van der Waals surface area contributed by atoms with Crippen molar-refractivity contribution in [3.05, 3.63) is 35.4 Å². The number of amides is 2. The van der Waals surface area contributed by atoms with Crippen molar-refractivity contribution in [1.29, 1.82) is 0 Å². The molecular formula is C19H30N2O2. The second kappa shape index (κ2) is 9.33. The number of carbonyl (C=O) groups is 2. The second-order valence-corrected chi connectivity index (χ2v) is 6.89. The van der Waals surface area contributed by atoms with Crippen LogP contribution in [0.1, 0.15) is 69.3 Å². The highest BCUT2D eigenvalue weighted by Crippen LogP contribution is 2.22. The maximum atomic E-state index is 12.0. The van der Waals surface area contributed by atoms with E-state index in [2.05, 4.69) is 38.3 Å². The first-order chi connectivity index (χ1) is 10.8. The molecule has 0 aliphatic heterocycles. The van der Waals surface area contributed by atoms with Gasteiger partial charge in [-0.25, -0.2) is 0 Å². The molecule has 0 aromatic heterocycles. The Kier molecular flexibility index (Phi) is 7.79. The SMILES string of the molecule is CCCCCNC(=O)CCNC(=O)c1ccc(C(C)(C)C)cc1. The van der Waals surface area contributed by atoms with Crippen LogP contribution in [-0.2, 0) is 10.2 Å². The molecule has 23 heavy (non-hydrogen) atoms. The zero-order chi connectivity index (χ0) is 17.3. The molecule has 1 rings (SSSR count). The van der Waals surface area contributed by atoms with Gasteiger partial charge in [0, 0.05) is 25.1 Å². The fourth-order valence-electron chi connectivity index (χ4n) is 2.20. The van der Waals surface area contributed by atoms with Crippen LogP contribution in [0.2, 0.25) is 0 Å². The van der Waals surface area contributed by atoms with Gasteiger partial charge in [-0.15, -0.1) is 0 Å². The van der Waals surface area contributed by atoms with Gasteiger partial charge in [0.15, 0.2) is 0 Å². The smallest absolute Gasteiger partial charge is 0.251 e. The number of unbranched alkanes of at least 4 members (excludes halogenated alkanes) is 2. The Balaban J connectivity index is 2.32. The van der Waals surface area contributed by atoms with E-state index in [9.17, 15) is 9.59 Å². The summed E-state index contributed by atoms with van der Waals surface area (Å²) in [6.07, 6.45) is 3.59. The molecule has 0 atom stereocenters. The van der Waals surface area contributed by atoms with Crippen molar-refractivity contribution in [3.8, 4) is 0 Å². The Bertz CT molecular complexity index is 501. The molecule has 0 aliphatic rings. The lowest BCUT2D eigenvalue weighted by Crippen LogP contribution is -2.31. The molecular weight excluding hydrogens is 288 g/mol. The summed E-state index contributed by atoms with van der Waals surface area (Å²) >= 11 is 0. The van der Waals surface area contributed by atoms with Gasteiger partial charge < -0.3 is 10.6 Å². The van der Waals surface area contributed by atoms with Crippen molar-refractivity contribution in [3.63, 3.8) is 0 Å². The molecule has 0 bridgehead atoms. The van der Waals surface area contributed by atoms with Crippen molar-refractivity contribution in [1.82, 2.24) is 10.6 Å². The summed E-state index contributed by atoms with van der Waals surface area (Å²) < 4.78 is 0. The number of hydrogen-bond acceptors (Lipinski definition) is 2. The molecule has 0 fully saturated rings. The van der Waals surface area contributed by atoms with E-state index >= 15 is 0 Å². The predicted molar refractivity (Wildman–Crippen MR) is 94.6 cm³/mol. The van der Waals surface area contributed by atoms with Crippen LogP contribution in [0.15, 0.2) is 24.3 Å². The second-order valence-electron chi connectivity index (χ2n) is 6.89. The highest BCUT2D eigenvalue weighted by Gasteiger charge is 2.14. The summed E-state index contributed by atoms with van der Waals surface area (Å²) in [6, 6.07) is 7.63. The van der Waals surface area contributed by atoms with Gasteiger partial charge in [-0.2, -0.15) is 0 Å². The zero-order valence-corrected chi connectivity index (χ0v) is 14.9. The number of carbonyl (C=O) groups excluding carboxylic acids is 2. The molecule has 1 aromatic carbocycles. The lowest BCUT2D eigenvalue weighted by atomic mass is 9.87. The summed E-state index contributed by atoms with van der Waals surface area (Å²) in [7, 11) is 0. The summed E-state index contributed by atoms with van der Waals surface area (Å²) in [5.41, 5.74) is 1.90. The van der Waals surface area contributed by atoms with E-state index in [1.165, 1.54) is 5.56 Å². The molecule has 4 heteroatoms. The predicted octanol–water partition coefficient (Wildman–Crippen LogP) is 3.41. The summed E-state index contributed by atoms with van der Waals surface area (Å²) in [6.45, 7) is 9.63. The summed E-state index contributed by atoms with van der Waals surface area (Å²) in [5, 5.41) is 5.65. The highest BCUT2D eigenvalue weighted by atomic mass is 16.2.